The van der Waals surface area contributed by atoms with E-state index in [9.17, 15) is 9.59 Å². The molecule has 2 amide bonds. The third-order valence-electron chi connectivity index (χ3n) is 4.68. The summed E-state index contributed by atoms with van der Waals surface area (Å²) in [6.45, 7) is 2.00. The first-order valence-corrected chi connectivity index (χ1v) is 8.41. The largest absolute Gasteiger partial charge is 0.326 e. The summed E-state index contributed by atoms with van der Waals surface area (Å²) in [6, 6.07) is 7.70. The van der Waals surface area contributed by atoms with Gasteiger partial charge in [-0.2, -0.15) is 5.10 Å². The molecule has 0 saturated heterocycles. The summed E-state index contributed by atoms with van der Waals surface area (Å²) in [4.78, 5) is 23.6. The topological polar surface area (TPSA) is 70.6 Å². The lowest BCUT2D eigenvalue weighted by atomic mass is 9.88. The van der Waals surface area contributed by atoms with Gasteiger partial charge in [0.15, 0.2) is 0 Å². The normalized spacial score (nSPS) is 22.2. The van der Waals surface area contributed by atoms with Crippen LogP contribution in [-0.2, 0) is 9.59 Å². The molecule has 1 heterocycles. The minimum absolute atomic E-state index is 0.0439. The Morgan fingerprint density at radius 1 is 1.17 bits per heavy atom. The number of hydrogen-bond acceptors (Lipinski definition) is 3. The number of nitrogens with one attached hydrogen (secondary N) is 2. The van der Waals surface area contributed by atoms with Gasteiger partial charge in [0.25, 0.3) is 0 Å². The van der Waals surface area contributed by atoms with Crippen LogP contribution in [0.2, 0.25) is 0 Å². The SMILES string of the molecule is CC1CC(=O)NN=C1c1ccc(NC(=O)C2CCCCC2)cc1. The molecular formula is C18H23N3O2. The van der Waals surface area contributed by atoms with Gasteiger partial charge in [-0.15, -0.1) is 0 Å². The average Bonchev–Trinajstić information content (AvgIpc) is 2.57. The van der Waals surface area contributed by atoms with Crippen LogP contribution >= 0.6 is 0 Å². The van der Waals surface area contributed by atoms with E-state index in [4.69, 9.17) is 0 Å². The predicted octanol–water partition coefficient (Wildman–Crippen LogP) is 3.07. The van der Waals surface area contributed by atoms with Crippen molar-refractivity contribution in [3.8, 4) is 0 Å². The number of hydrogen-bond donors (Lipinski definition) is 2. The van der Waals surface area contributed by atoms with Crippen LogP contribution in [0.15, 0.2) is 29.4 Å². The van der Waals surface area contributed by atoms with Crippen molar-refractivity contribution >= 4 is 23.2 Å². The lowest BCUT2D eigenvalue weighted by molar-refractivity contribution is -0.122. The zero-order valence-electron chi connectivity index (χ0n) is 13.5. The summed E-state index contributed by atoms with van der Waals surface area (Å²) in [6.07, 6.45) is 6.01. The highest BCUT2D eigenvalue weighted by molar-refractivity contribution is 6.06. The molecular weight excluding hydrogens is 290 g/mol. The molecule has 1 aromatic rings. The minimum atomic E-state index is -0.0439. The first-order valence-electron chi connectivity index (χ1n) is 8.41. The maximum Gasteiger partial charge on any atom is 0.240 e. The summed E-state index contributed by atoms with van der Waals surface area (Å²) >= 11 is 0. The lowest BCUT2D eigenvalue weighted by Crippen LogP contribution is -2.31. The molecule has 0 aromatic heterocycles. The van der Waals surface area contributed by atoms with Gasteiger partial charge in [0, 0.05) is 23.9 Å². The smallest absolute Gasteiger partial charge is 0.240 e. The number of benzene rings is 1. The third-order valence-corrected chi connectivity index (χ3v) is 4.68. The number of anilines is 1. The van der Waals surface area contributed by atoms with Crippen LogP contribution in [-0.4, -0.2) is 17.5 Å². The molecule has 1 aromatic carbocycles. The first-order chi connectivity index (χ1) is 11.1. The second-order valence-corrected chi connectivity index (χ2v) is 6.54. The number of amides is 2. The molecule has 1 unspecified atom stereocenters. The Hall–Kier alpha value is -2.17. The molecule has 5 heteroatoms. The highest BCUT2D eigenvalue weighted by Gasteiger charge is 2.22. The van der Waals surface area contributed by atoms with Gasteiger partial charge >= 0.3 is 0 Å². The number of carbonyl (C=O) groups excluding carboxylic acids is 2. The number of carbonyl (C=O) groups is 2. The van der Waals surface area contributed by atoms with E-state index in [1.165, 1.54) is 6.42 Å². The van der Waals surface area contributed by atoms with Crippen LogP contribution in [0.25, 0.3) is 0 Å². The zero-order valence-corrected chi connectivity index (χ0v) is 13.5. The van der Waals surface area contributed by atoms with E-state index in [-0.39, 0.29) is 23.7 Å². The molecule has 1 fully saturated rings. The van der Waals surface area contributed by atoms with Crippen molar-refractivity contribution in [2.24, 2.45) is 16.9 Å². The molecule has 1 atom stereocenters. The van der Waals surface area contributed by atoms with Crippen molar-refractivity contribution in [2.75, 3.05) is 5.32 Å². The van der Waals surface area contributed by atoms with Crippen LogP contribution in [0.4, 0.5) is 5.69 Å². The molecule has 0 spiro atoms. The predicted molar refractivity (Wildman–Crippen MR) is 90.1 cm³/mol. The molecule has 3 rings (SSSR count). The van der Waals surface area contributed by atoms with Crippen molar-refractivity contribution in [1.29, 1.82) is 0 Å². The van der Waals surface area contributed by atoms with Crippen LogP contribution in [0.3, 0.4) is 0 Å². The van der Waals surface area contributed by atoms with Crippen molar-refractivity contribution in [1.82, 2.24) is 5.43 Å². The van der Waals surface area contributed by atoms with Gasteiger partial charge in [0.2, 0.25) is 11.8 Å². The van der Waals surface area contributed by atoms with E-state index in [2.05, 4.69) is 15.8 Å². The second-order valence-electron chi connectivity index (χ2n) is 6.54. The zero-order chi connectivity index (χ0) is 16.2. The number of rotatable bonds is 3. The van der Waals surface area contributed by atoms with Crippen LogP contribution in [0.5, 0.6) is 0 Å². The maximum absolute atomic E-state index is 12.3. The van der Waals surface area contributed by atoms with E-state index in [1.54, 1.807) is 0 Å². The monoisotopic (exact) mass is 313 g/mol. The fourth-order valence-electron chi connectivity index (χ4n) is 3.34. The van der Waals surface area contributed by atoms with Gasteiger partial charge in [-0.1, -0.05) is 38.3 Å². The molecule has 2 N–H and O–H groups in total. The van der Waals surface area contributed by atoms with Crippen LogP contribution < -0.4 is 10.7 Å². The Morgan fingerprint density at radius 3 is 2.52 bits per heavy atom. The van der Waals surface area contributed by atoms with E-state index in [0.29, 0.717) is 6.42 Å². The summed E-state index contributed by atoms with van der Waals surface area (Å²) in [7, 11) is 0. The molecule has 0 bridgehead atoms. The highest BCUT2D eigenvalue weighted by Crippen LogP contribution is 2.25. The van der Waals surface area contributed by atoms with Crippen molar-refractivity contribution in [3.63, 3.8) is 0 Å². The minimum Gasteiger partial charge on any atom is -0.326 e. The van der Waals surface area contributed by atoms with Gasteiger partial charge in [-0.25, -0.2) is 5.43 Å². The molecule has 1 aliphatic carbocycles. The third kappa shape index (κ3) is 3.78. The Kier molecular flexibility index (Phi) is 4.74. The molecule has 5 nitrogen and oxygen atoms in total. The van der Waals surface area contributed by atoms with Crippen molar-refractivity contribution in [2.45, 2.75) is 45.4 Å². The molecule has 1 saturated carbocycles. The molecule has 0 radical (unpaired) electrons. The van der Waals surface area contributed by atoms with Gasteiger partial charge in [0.1, 0.15) is 0 Å². The van der Waals surface area contributed by atoms with E-state index in [1.807, 2.05) is 31.2 Å². The number of hydrazone groups is 1. The average molecular weight is 313 g/mol. The Balaban J connectivity index is 1.65. The maximum atomic E-state index is 12.3. The molecule has 23 heavy (non-hydrogen) atoms. The standard InChI is InChI=1S/C18H23N3O2/c1-12-11-16(22)20-21-17(12)13-7-9-15(10-8-13)19-18(23)14-5-3-2-4-6-14/h7-10,12,14H,2-6,11H2,1H3,(H,19,23)(H,20,22). The summed E-state index contributed by atoms with van der Waals surface area (Å²) in [5.41, 5.74) is 5.21. The van der Waals surface area contributed by atoms with E-state index < -0.39 is 0 Å². The van der Waals surface area contributed by atoms with Gasteiger partial charge < -0.3 is 5.32 Å². The number of nitrogens with zero attached hydrogens (tertiary/aromatic N) is 1. The van der Waals surface area contributed by atoms with Gasteiger partial charge in [-0.3, -0.25) is 9.59 Å². The Bertz CT molecular complexity index is 616. The Labute approximate surface area is 136 Å². The van der Waals surface area contributed by atoms with Crippen molar-refractivity contribution in [3.05, 3.63) is 29.8 Å². The molecule has 122 valence electrons. The summed E-state index contributed by atoms with van der Waals surface area (Å²) < 4.78 is 0. The highest BCUT2D eigenvalue weighted by atomic mass is 16.2. The fourth-order valence-corrected chi connectivity index (χ4v) is 3.34. The summed E-state index contributed by atoms with van der Waals surface area (Å²) in [5.74, 6) is 0.346. The van der Waals surface area contributed by atoms with Gasteiger partial charge in [0.05, 0.1) is 5.71 Å². The van der Waals surface area contributed by atoms with Crippen LogP contribution in [0, 0.1) is 11.8 Å². The van der Waals surface area contributed by atoms with Crippen LogP contribution in [0.1, 0.15) is 51.0 Å². The summed E-state index contributed by atoms with van der Waals surface area (Å²) in [5, 5.41) is 7.17. The Morgan fingerprint density at radius 2 is 1.87 bits per heavy atom. The van der Waals surface area contributed by atoms with E-state index in [0.717, 1.165) is 42.6 Å². The fraction of sp³-hybridized carbons (Fsp3) is 0.500. The van der Waals surface area contributed by atoms with Gasteiger partial charge in [-0.05, 0) is 30.5 Å². The molecule has 2 aliphatic rings. The molecule has 1 aliphatic heterocycles. The van der Waals surface area contributed by atoms with Crippen molar-refractivity contribution < 1.29 is 9.59 Å². The van der Waals surface area contributed by atoms with E-state index >= 15 is 0 Å². The second kappa shape index (κ2) is 6.94. The quantitative estimate of drug-likeness (QED) is 0.900. The first kappa shape index (κ1) is 15.7. The lowest BCUT2D eigenvalue weighted by Gasteiger charge is -2.21.